The molecule has 0 saturated carbocycles. The first-order chi connectivity index (χ1) is 8.82. The number of hydrogen-bond acceptors (Lipinski definition) is 3. The highest BCUT2D eigenvalue weighted by Gasteiger charge is 2.51. The van der Waals surface area contributed by atoms with Gasteiger partial charge in [0.2, 0.25) is 0 Å². The van der Waals surface area contributed by atoms with Gasteiger partial charge in [-0.3, -0.25) is 4.90 Å². The van der Waals surface area contributed by atoms with Crippen LogP contribution in [-0.2, 0) is 11.3 Å². The molecule has 0 bridgehead atoms. The van der Waals surface area contributed by atoms with E-state index in [1.54, 1.807) is 0 Å². The lowest BCUT2D eigenvalue weighted by Crippen LogP contribution is -2.50. The van der Waals surface area contributed by atoms with Crippen LogP contribution in [0.4, 0.5) is 0 Å². The Labute approximate surface area is 106 Å². The Balaban J connectivity index is 1.71. The first-order valence-electron chi connectivity index (χ1n) is 6.21. The highest BCUT2D eigenvalue weighted by atomic mass is 16.5. The fourth-order valence-electron chi connectivity index (χ4n) is 2.88. The molecule has 1 unspecified atom stereocenters. The van der Waals surface area contributed by atoms with Crippen molar-refractivity contribution in [3.05, 3.63) is 46.3 Å². The van der Waals surface area contributed by atoms with Crippen molar-refractivity contribution in [3.63, 3.8) is 0 Å². The number of likely N-dealkylation sites (tertiary alicyclic amines) is 1. The fourth-order valence-corrected chi connectivity index (χ4v) is 2.88. The van der Waals surface area contributed by atoms with E-state index in [9.17, 15) is 0 Å². The Hall–Kier alpha value is -1.55. The summed E-state index contributed by atoms with van der Waals surface area (Å²) in [5.41, 5.74) is 10.0. The average Bonchev–Trinajstić information content (AvgIpc) is 2.69. The molecule has 0 aliphatic carbocycles. The topological polar surface area (TPSA) is 61.2 Å². The Kier molecular flexibility index (Phi) is 2.96. The minimum atomic E-state index is 0.0555. The molecule has 1 aromatic carbocycles. The van der Waals surface area contributed by atoms with Gasteiger partial charge < -0.3 is 4.74 Å². The van der Waals surface area contributed by atoms with Crippen molar-refractivity contribution in [3.8, 4) is 0 Å². The van der Waals surface area contributed by atoms with E-state index in [4.69, 9.17) is 10.3 Å². The molecule has 2 aliphatic rings. The van der Waals surface area contributed by atoms with E-state index in [0.29, 0.717) is 0 Å². The molecule has 0 radical (unpaired) electrons. The second-order valence-electron chi connectivity index (χ2n) is 5.23. The van der Waals surface area contributed by atoms with Crippen molar-refractivity contribution in [2.45, 2.75) is 12.6 Å². The third kappa shape index (κ3) is 1.97. The van der Waals surface area contributed by atoms with Crippen molar-refractivity contribution in [1.29, 1.82) is 0 Å². The fraction of sp³-hybridized carbons (Fsp3) is 0.538. The van der Waals surface area contributed by atoms with Gasteiger partial charge in [0.25, 0.3) is 0 Å². The maximum atomic E-state index is 8.65. The molecular formula is C13H16N4O. The third-order valence-electron chi connectivity index (χ3n) is 3.90. The molecule has 0 N–H and O–H groups in total. The van der Waals surface area contributed by atoms with Gasteiger partial charge in [-0.1, -0.05) is 35.4 Å². The Morgan fingerprint density at radius 2 is 2.17 bits per heavy atom. The van der Waals surface area contributed by atoms with E-state index in [1.165, 1.54) is 5.56 Å². The van der Waals surface area contributed by atoms with E-state index in [2.05, 4.69) is 39.2 Å². The number of nitrogens with zero attached hydrogens (tertiary/aromatic N) is 4. The largest absolute Gasteiger partial charge is 0.380 e. The molecule has 18 heavy (non-hydrogen) atoms. The summed E-state index contributed by atoms with van der Waals surface area (Å²) in [5, 5.41) is 3.95. The highest BCUT2D eigenvalue weighted by Crippen LogP contribution is 2.40. The van der Waals surface area contributed by atoms with Gasteiger partial charge in [0.05, 0.1) is 19.3 Å². The minimum Gasteiger partial charge on any atom is -0.380 e. The van der Waals surface area contributed by atoms with Gasteiger partial charge in [-0.05, 0) is 11.1 Å². The molecule has 2 fully saturated rings. The lowest BCUT2D eigenvalue weighted by Gasteiger charge is -2.40. The summed E-state index contributed by atoms with van der Waals surface area (Å²) in [7, 11) is 0. The second kappa shape index (κ2) is 4.61. The van der Waals surface area contributed by atoms with Crippen LogP contribution in [0.2, 0.25) is 0 Å². The summed E-state index contributed by atoms with van der Waals surface area (Å²) in [6.07, 6.45) is 0. The Bertz CT molecular complexity index is 465. The first kappa shape index (κ1) is 11.5. The molecule has 5 nitrogen and oxygen atoms in total. The van der Waals surface area contributed by atoms with Crippen LogP contribution in [0.3, 0.4) is 0 Å². The summed E-state index contributed by atoms with van der Waals surface area (Å²) in [5.74, 6) is 0. The number of ether oxygens (including phenoxy) is 1. The van der Waals surface area contributed by atoms with Crippen LogP contribution >= 0.6 is 0 Å². The Morgan fingerprint density at radius 3 is 2.78 bits per heavy atom. The first-order valence-corrected chi connectivity index (χ1v) is 6.21. The minimum absolute atomic E-state index is 0.0555. The molecule has 3 rings (SSSR count). The molecule has 0 aromatic heterocycles. The van der Waals surface area contributed by atoms with Crippen LogP contribution in [-0.4, -0.2) is 37.2 Å². The number of azide groups is 1. The summed E-state index contributed by atoms with van der Waals surface area (Å²) in [4.78, 5) is 5.34. The van der Waals surface area contributed by atoms with Gasteiger partial charge in [0.1, 0.15) is 0 Å². The van der Waals surface area contributed by atoms with Gasteiger partial charge >= 0.3 is 0 Å². The molecule has 1 spiro atoms. The second-order valence-corrected chi connectivity index (χ2v) is 5.23. The lowest BCUT2D eigenvalue weighted by atomic mass is 9.81. The maximum absolute atomic E-state index is 8.65. The van der Waals surface area contributed by atoms with E-state index < -0.39 is 0 Å². The number of hydrogen-bond donors (Lipinski definition) is 0. The zero-order valence-electron chi connectivity index (χ0n) is 10.2. The Morgan fingerprint density at radius 1 is 1.39 bits per heavy atom. The van der Waals surface area contributed by atoms with Crippen molar-refractivity contribution in [2.24, 2.45) is 10.5 Å². The normalized spacial score (nSPS) is 25.7. The summed E-state index contributed by atoms with van der Waals surface area (Å²) < 4.78 is 5.33. The van der Waals surface area contributed by atoms with Crippen LogP contribution in [0, 0.1) is 5.41 Å². The standard InChI is InChI=1S/C13H16N4O/c14-16-15-12-7-17(8-13(12)9-18-10-13)6-11-4-2-1-3-5-11/h1-5,12H,6-10H2. The molecule has 5 heteroatoms. The van der Waals surface area contributed by atoms with Gasteiger partial charge in [-0.25, -0.2) is 0 Å². The number of benzene rings is 1. The van der Waals surface area contributed by atoms with Crippen molar-refractivity contribution in [2.75, 3.05) is 26.3 Å². The van der Waals surface area contributed by atoms with E-state index in [-0.39, 0.29) is 11.5 Å². The van der Waals surface area contributed by atoms with Gasteiger partial charge in [-0.15, -0.1) is 0 Å². The number of rotatable bonds is 3. The SMILES string of the molecule is [N-]=[N+]=NC1CN(Cc2ccccc2)CC12COC2. The molecular weight excluding hydrogens is 228 g/mol. The van der Waals surface area contributed by atoms with Gasteiger partial charge in [0, 0.05) is 30.0 Å². The van der Waals surface area contributed by atoms with Crippen molar-refractivity contribution < 1.29 is 4.74 Å². The quantitative estimate of drug-likeness (QED) is 0.465. The average molecular weight is 244 g/mol. The van der Waals surface area contributed by atoms with Crippen LogP contribution in [0.15, 0.2) is 35.4 Å². The van der Waals surface area contributed by atoms with Crippen molar-refractivity contribution in [1.82, 2.24) is 4.90 Å². The summed E-state index contributed by atoms with van der Waals surface area (Å²) in [6, 6.07) is 10.4. The van der Waals surface area contributed by atoms with Crippen LogP contribution < -0.4 is 0 Å². The molecule has 2 heterocycles. The maximum Gasteiger partial charge on any atom is 0.0614 e. The smallest absolute Gasteiger partial charge is 0.0614 e. The van der Waals surface area contributed by atoms with Gasteiger partial charge in [0.15, 0.2) is 0 Å². The summed E-state index contributed by atoms with van der Waals surface area (Å²) >= 11 is 0. The predicted molar refractivity (Wildman–Crippen MR) is 67.9 cm³/mol. The molecule has 1 aromatic rings. The van der Waals surface area contributed by atoms with Gasteiger partial charge in [-0.2, -0.15) is 0 Å². The molecule has 94 valence electrons. The van der Waals surface area contributed by atoms with Crippen LogP contribution in [0.5, 0.6) is 0 Å². The zero-order chi connectivity index (χ0) is 12.4. The third-order valence-corrected chi connectivity index (χ3v) is 3.90. The highest BCUT2D eigenvalue weighted by molar-refractivity contribution is 5.16. The lowest BCUT2D eigenvalue weighted by molar-refractivity contribution is -0.112. The van der Waals surface area contributed by atoms with Crippen LogP contribution in [0.25, 0.3) is 10.4 Å². The van der Waals surface area contributed by atoms with Crippen LogP contribution in [0.1, 0.15) is 5.56 Å². The van der Waals surface area contributed by atoms with Crippen molar-refractivity contribution >= 4 is 0 Å². The monoisotopic (exact) mass is 244 g/mol. The molecule has 1 atom stereocenters. The van der Waals surface area contributed by atoms with E-state index in [0.717, 1.165) is 32.8 Å². The van der Waals surface area contributed by atoms with E-state index in [1.807, 2.05) is 6.07 Å². The molecule has 2 saturated heterocycles. The van der Waals surface area contributed by atoms with E-state index >= 15 is 0 Å². The molecule has 0 amide bonds. The predicted octanol–water partition coefficient (Wildman–Crippen LogP) is 2.20. The molecule has 2 aliphatic heterocycles. The zero-order valence-corrected chi connectivity index (χ0v) is 10.2. The summed E-state index contributed by atoms with van der Waals surface area (Å²) in [6.45, 7) is 4.16.